The summed E-state index contributed by atoms with van der Waals surface area (Å²) in [6.45, 7) is 0.681. The molecule has 21 heavy (non-hydrogen) atoms. The second-order valence-electron chi connectivity index (χ2n) is 5.26. The smallest absolute Gasteiger partial charge is 0.144 e. The van der Waals surface area contributed by atoms with Gasteiger partial charge in [-0.05, 0) is 42.0 Å². The maximum absolute atomic E-state index is 5.82. The van der Waals surface area contributed by atoms with Crippen LogP contribution in [0.4, 0.5) is 5.69 Å². The van der Waals surface area contributed by atoms with Crippen LogP contribution in [0.15, 0.2) is 53.6 Å². The lowest BCUT2D eigenvalue weighted by atomic mass is 10.0. The molecule has 0 spiro atoms. The van der Waals surface area contributed by atoms with Gasteiger partial charge in [0.25, 0.3) is 0 Å². The number of fused-ring (bicyclic) bond motifs is 3. The molecule has 0 radical (unpaired) electrons. The van der Waals surface area contributed by atoms with E-state index in [4.69, 9.17) is 14.6 Å². The van der Waals surface area contributed by atoms with Crippen LogP contribution in [0.2, 0.25) is 0 Å². The maximum atomic E-state index is 5.82. The quantitative estimate of drug-likeness (QED) is 0.848. The Hall–Kier alpha value is -2.49. The van der Waals surface area contributed by atoms with Gasteiger partial charge in [0.1, 0.15) is 23.8 Å². The molecule has 1 unspecified atom stereocenters. The van der Waals surface area contributed by atoms with Crippen molar-refractivity contribution in [2.75, 3.05) is 18.7 Å². The zero-order valence-corrected chi connectivity index (χ0v) is 11.8. The molecule has 4 nitrogen and oxygen atoms in total. The maximum Gasteiger partial charge on any atom is 0.144 e. The van der Waals surface area contributed by atoms with Crippen molar-refractivity contribution in [2.24, 2.45) is 5.10 Å². The van der Waals surface area contributed by atoms with E-state index in [0.29, 0.717) is 6.61 Å². The highest BCUT2D eigenvalue weighted by Crippen LogP contribution is 2.37. The molecule has 2 aromatic carbocycles. The molecular weight excluding hydrogens is 264 g/mol. The molecule has 0 aromatic heterocycles. The molecule has 4 heteroatoms. The van der Waals surface area contributed by atoms with Crippen LogP contribution >= 0.6 is 0 Å². The molecule has 0 amide bonds. The van der Waals surface area contributed by atoms with Crippen molar-refractivity contribution in [1.29, 1.82) is 0 Å². The number of nitrogens with zero attached hydrogens (tertiary/aromatic N) is 2. The Balaban J connectivity index is 1.68. The third-order valence-corrected chi connectivity index (χ3v) is 3.97. The Kier molecular flexibility index (Phi) is 2.81. The summed E-state index contributed by atoms with van der Waals surface area (Å²) >= 11 is 0. The molecule has 2 aliphatic rings. The lowest BCUT2D eigenvalue weighted by molar-refractivity contribution is 0.271. The van der Waals surface area contributed by atoms with E-state index in [2.05, 4.69) is 23.2 Å². The van der Waals surface area contributed by atoms with Gasteiger partial charge in [0.05, 0.1) is 18.9 Å². The Labute approximate surface area is 123 Å². The molecule has 106 valence electrons. The van der Waals surface area contributed by atoms with Crippen LogP contribution in [0.1, 0.15) is 12.0 Å². The second kappa shape index (κ2) is 4.81. The van der Waals surface area contributed by atoms with Crippen molar-refractivity contribution in [1.82, 2.24) is 0 Å². The average Bonchev–Trinajstić information content (AvgIpc) is 2.99. The molecule has 4 rings (SSSR count). The van der Waals surface area contributed by atoms with Crippen LogP contribution in [0.25, 0.3) is 0 Å². The fourth-order valence-electron chi connectivity index (χ4n) is 2.86. The molecule has 0 N–H and O–H groups in total. The third kappa shape index (κ3) is 2.03. The summed E-state index contributed by atoms with van der Waals surface area (Å²) in [5, 5.41) is 6.90. The topological polar surface area (TPSA) is 34.1 Å². The second-order valence-corrected chi connectivity index (χ2v) is 5.26. The first-order chi connectivity index (χ1) is 10.3. The van der Waals surface area contributed by atoms with E-state index in [0.717, 1.165) is 34.9 Å². The Bertz CT molecular complexity index is 694. The van der Waals surface area contributed by atoms with Gasteiger partial charge in [0, 0.05) is 6.42 Å². The zero-order valence-electron chi connectivity index (χ0n) is 11.8. The largest absolute Gasteiger partial charge is 0.497 e. The molecule has 0 fully saturated rings. The van der Waals surface area contributed by atoms with Gasteiger partial charge in [-0.2, -0.15) is 5.10 Å². The Morgan fingerprint density at radius 2 is 1.95 bits per heavy atom. The Morgan fingerprint density at radius 3 is 2.76 bits per heavy atom. The fraction of sp³-hybridized carbons (Fsp3) is 0.235. The van der Waals surface area contributed by atoms with Crippen LogP contribution in [-0.4, -0.2) is 25.5 Å². The van der Waals surface area contributed by atoms with Crippen LogP contribution < -0.4 is 14.5 Å². The highest BCUT2D eigenvalue weighted by molar-refractivity contribution is 6.03. The van der Waals surface area contributed by atoms with Gasteiger partial charge in [0.15, 0.2) is 0 Å². The number of ether oxygens (including phenoxy) is 2. The lowest BCUT2D eigenvalue weighted by Crippen LogP contribution is -2.36. The minimum Gasteiger partial charge on any atom is -0.497 e. The summed E-state index contributed by atoms with van der Waals surface area (Å²) in [6.07, 6.45) is 0.903. The normalized spacial score (nSPS) is 19.4. The van der Waals surface area contributed by atoms with E-state index < -0.39 is 0 Å². The number of methoxy groups -OCH3 is 1. The first kappa shape index (κ1) is 12.3. The standard InChI is InChI=1S/C17H16N2O2/c1-20-14-8-6-12(7-9-14)15-10-13-11-21-17-5-3-2-4-16(17)19(13)18-15/h2-9,13H,10-11H2,1H3. The molecule has 0 aliphatic carbocycles. The van der Waals surface area contributed by atoms with Gasteiger partial charge in [0.2, 0.25) is 0 Å². The van der Waals surface area contributed by atoms with Gasteiger partial charge in [-0.3, -0.25) is 5.01 Å². The number of para-hydroxylation sites is 2. The predicted octanol–water partition coefficient (Wildman–Crippen LogP) is 3.07. The number of rotatable bonds is 2. The highest BCUT2D eigenvalue weighted by Gasteiger charge is 2.33. The molecule has 2 aliphatic heterocycles. The molecule has 0 saturated carbocycles. The summed E-state index contributed by atoms with van der Waals surface area (Å²) in [5.74, 6) is 1.78. The van der Waals surface area contributed by atoms with Gasteiger partial charge in [-0.25, -0.2) is 0 Å². The van der Waals surface area contributed by atoms with E-state index in [1.54, 1.807) is 7.11 Å². The van der Waals surface area contributed by atoms with Gasteiger partial charge >= 0.3 is 0 Å². The monoisotopic (exact) mass is 280 g/mol. The number of anilines is 1. The number of hydrogen-bond donors (Lipinski definition) is 0. The van der Waals surface area contributed by atoms with Crippen LogP contribution in [0.3, 0.4) is 0 Å². The minimum absolute atomic E-state index is 0.289. The highest BCUT2D eigenvalue weighted by atomic mass is 16.5. The lowest BCUT2D eigenvalue weighted by Gasteiger charge is -2.30. The molecule has 2 aromatic rings. The number of hydrazone groups is 1. The van der Waals surface area contributed by atoms with Crippen molar-refractivity contribution in [3.63, 3.8) is 0 Å². The number of hydrogen-bond acceptors (Lipinski definition) is 4. The van der Waals surface area contributed by atoms with Crippen LogP contribution in [0.5, 0.6) is 11.5 Å². The summed E-state index contributed by atoms with van der Waals surface area (Å²) in [5.41, 5.74) is 3.29. The molecular formula is C17H16N2O2. The SMILES string of the molecule is COc1ccc(C2=NN3c4ccccc4OCC3C2)cc1. The van der Waals surface area contributed by atoms with Crippen LogP contribution in [-0.2, 0) is 0 Å². The zero-order chi connectivity index (χ0) is 14.2. The first-order valence-corrected chi connectivity index (χ1v) is 7.08. The van der Waals surface area contributed by atoms with Crippen molar-refractivity contribution in [3.8, 4) is 11.5 Å². The van der Waals surface area contributed by atoms with Gasteiger partial charge in [-0.15, -0.1) is 0 Å². The summed E-state index contributed by atoms with van der Waals surface area (Å²) in [7, 11) is 1.68. The van der Waals surface area contributed by atoms with Gasteiger partial charge in [-0.1, -0.05) is 12.1 Å². The van der Waals surface area contributed by atoms with Crippen molar-refractivity contribution >= 4 is 11.4 Å². The Morgan fingerprint density at radius 1 is 1.14 bits per heavy atom. The molecule has 1 atom stereocenters. The van der Waals surface area contributed by atoms with E-state index in [1.807, 2.05) is 30.3 Å². The third-order valence-electron chi connectivity index (χ3n) is 3.97. The van der Waals surface area contributed by atoms with Crippen molar-refractivity contribution in [2.45, 2.75) is 12.5 Å². The van der Waals surface area contributed by atoms with Crippen molar-refractivity contribution in [3.05, 3.63) is 54.1 Å². The van der Waals surface area contributed by atoms with Gasteiger partial charge < -0.3 is 9.47 Å². The molecule has 2 heterocycles. The van der Waals surface area contributed by atoms with E-state index in [-0.39, 0.29) is 6.04 Å². The van der Waals surface area contributed by atoms with Crippen LogP contribution in [0, 0.1) is 0 Å². The first-order valence-electron chi connectivity index (χ1n) is 7.08. The average molecular weight is 280 g/mol. The van der Waals surface area contributed by atoms with E-state index in [9.17, 15) is 0 Å². The molecule has 0 bridgehead atoms. The summed E-state index contributed by atoms with van der Waals surface area (Å²) in [4.78, 5) is 0. The van der Waals surface area contributed by atoms with E-state index >= 15 is 0 Å². The number of benzene rings is 2. The minimum atomic E-state index is 0.289. The summed E-state index contributed by atoms with van der Waals surface area (Å²) in [6, 6.07) is 16.4. The van der Waals surface area contributed by atoms with Crippen molar-refractivity contribution < 1.29 is 9.47 Å². The predicted molar refractivity (Wildman–Crippen MR) is 82.4 cm³/mol. The molecule has 0 saturated heterocycles. The summed E-state index contributed by atoms with van der Waals surface area (Å²) < 4.78 is 11.0. The van der Waals surface area contributed by atoms with E-state index in [1.165, 1.54) is 0 Å². The fourth-order valence-corrected chi connectivity index (χ4v) is 2.86.